The van der Waals surface area contributed by atoms with Crippen molar-refractivity contribution in [1.82, 2.24) is 5.43 Å². The van der Waals surface area contributed by atoms with E-state index < -0.39 is 5.91 Å². The number of halogens is 3. The van der Waals surface area contributed by atoms with Gasteiger partial charge in [-0.3, -0.25) is 4.79 Å². The highest BCUT2D eigenvalue weighted by molar-refractivity contribution is 6.35. The van der Waals surface area contributed by atoms with Crippen LogP contribution in [0.1, 0.15) is 11.1 Å². The number of para-hydroxylation sites is 2. The minimum atomic E-state index is -0.419. The molecule has 154 valence electrons. The molecule has 0 unspecified atom stereocenters. The van der Waals surface area contributed by atoms with Crippen molar-refractivity contribution in [2.75, 3.05) is 6.61 Å². The molecule has 0 aliphatic heterocycles. The summed E-state index contributed by atoms with van der Waals surface area (Å²) in [5.41, 5.74) is 3.90. The third-order valence-corrected chi connectivity index (χ3v) is 4.80. The Hall–Kier alpha value is -2.73. The molecule has 3 rings (SSSR count). The fraction of sp³-hybridized carbons (Fsp3) is 0.0909. The van der Waals surface area contributed by atoms with Crippen LogP contribution in [0.2, 0.25) is 15.1 Å². The molecule has 0 heterocycles. The molecule has 30 heavy (non-hydrogen) atoms. The number of amides is 1. The van der Waals surface area contributed by atoms with Gasteiger partial charge in [0.25, 0.3) is 5.91 Å². The van der Waals surface area contributed by atoms with Gasteiger partial charge in [-0.05, 0) is 36.4 Å². The van der Waals surface area contributed by atoms with Gasteiger partial charge < -0.3 is 9.47 Å². The van der Waals surface area contributed by atoms with Crippen LogP contribution in [0.3, 0.4) is 0 Å². The molecule has 1 N–H and O–H groups in total. The van der Waals surface area contributed by atoms with Gasteiger partial charge in [-0.25, -0.2) is 5.43 Å². The first-order valence-corrected chi connectivity index (χ1v) is 10.0. The predicted octanol–water partition coefficient (Wildman–Crippen LogP) is 5.75. The molecule has 0 aliphatic carbocycles. The van der Waals surface area contributed by atoms with Crippen molar-refractivity contribution in [3.8, 4) is 11.5 Å². The summed E-state index contributed by atoms with van der Waals surface area (Å²) in [6, 6.07) is 19.4. The molecule has 5 nitrogen and oxygen atoms in total. The number of hydrazone groups is 1. The summed E-state index contributed by atoms with van der Waals surface area (Å²) in [7, 11) is 0. The number of hydrogen-bond acceptors (Lipinski definition) is 4. The smallest absolute Gasteiger partial charge is 0.277 e. The lowest BCUT2D eigenvalue weighted by molar-refractivity contribution is -0.123. The van der Waals surface area contributed by atoms with Crippen LogP contribution in [0.25, 0.3) is 0 Å². The molecule has 0 saturated carbocycles. The summed E-state index contributed by atoms with van der Waals surface area (Å²) in [5.74, 6) is 0.601. The molecule has 0 atom stereocenters. The Bertz CT molecular complexity index is 1060. The molecule has 0 fully saturated rings. The molecule has 0 saturated heterocycles. The van der Waals surface area contributed by atoms with Gasteiger partial charge in [-0.15, -0.1) is 0 Å². The van der Waals surface area contributed by atoms with E-state index in [0.717, 1.165) is 5.56 Å². The van der Waals surface area contributed by atoms with Crippen LogP contribution in [0.15, 0.2) is 71.8 Å². The van der Waals surface area contributed by atoms with Crippen LogP contribution in [0.4, 0.5) is 0 Å². The molecule has 0 aliphatic rings. The van der Waals surface area contributed by atoms with Crippen LogP contribution in [-0.4, -0.2) is 18.7 Å². The first-order valence-electron chi connectivity index (χ1n) is 8.88. The number of nitrogens with zero attached hydrogens (tertiary/aromatic N) is 1. The van der Waals surface area contributed by atoms with Gasteiger partial charge in [-0.1, -0.05) is 65.1 Å². The largest absolute Gasteiger partial charge is 0.488 e. The molecule has 8 heteroatoms. The standard InChI is InChI=1S/C22H17Cl3N2O3/c23-17-10-9-16(19(25)11-17)13-29-20-7-3-1-5-15(20)12-26-27-22(28)14-30-21-8-4-2-6-18(21)24/h1-12H,13-14H2,(H,27,28)/b26-12-. The Kier molecular flexibility index (Phi) is 7.97. The van der Waals surface area contributed by atoms with E-state index in [2.05, 4.69) is 10.5 Å². The Morgan fingerprint density at radius 3 is 2.40 bits per heavy atom. The van der Waals surface area contributed by atoms with Crippen LogP contribution in [0, 0.1) is 0 Å². The van der Waals surface area contributed by atoms with Crippen molar-refractivity contribution in [2.24, 2.45) is 5.10 Å². The van der Waals surface area contributed by atoms with E-state index in [4.69, 9.17) is 44.3 Å². The summed E-state index contributed by atoms with van der Waals surface area (Å²) < 4.78 is 11.2. The Labute approximate surface area is 189 Å². The van der Waals surface area contributed by atoms with E-state index in [-0.39, 0.29) is 13.2 Å². The number of ether oxygens (including phenoxy) is 2. The van der Waals surface area contributed by atoms with E-state index in [1.807, 2.05) is 18.2 Å². The summed E-state index contributed by atoms with van der Waals surface area (Å²) in [5, 5.41) is 5.48. The van der Waals surface area contributed by atoms with Crippen LogP contribution < -0.4 is 14.9 Å². The Morgan fingerprint density at radius 1 is 0.900 bits per heavy atom. The average molecular weight is 464 g/mol. The topological polar surface area (TPSA) is 59.9 Å². The molecule has 0 bridgehead atoms. The van der Waals surface area contributed by atoms with Gasteiger partial charge in [0.1, 0.15) is 18.1 Å². The van der Waals surface area contributed by atoms with Gasteiger partial charge in [0.15, 0.2) is 6.61 Å². The van der Waals surface area contributed by atoms with Gasteiger partial charge in [0, 0.05) is 21.2 Å². The minimum absolute atomic E-state index is 0.214. The highest BCUT2D eigenvalue weighted by Crippen LogP contribution is 2.24. The second-order valence-corrected chi connectivity index (χ2v) is 7.33. The number of nitrogens with one attached hydrogen (secondary N) is 1. The summed E-state index contributed by atoms with van der Waals surface area (Å²) in [6.07, 6.45) is 1.49. The lowest BCUT2D eigenvalue weighted by Crippen LogP contribution is -2.24. The number of benzene rings is 3. The van der Waals surface area contributed by atoms with Crippen molar-refractivity contribution in [2.45, 2.75) is 6.61 Å². The monoisotopic (exact) mass is 462 g/mol. The second kappa shape index (κ2) is 10.9. The number of hydrogen-bond donors (Lipinski definition) is 1. The first kappa shape index (κ1) is 22.0. The summed E-state index contributed by atoms with van der Waals surface area (Å²) in [4.78, 5) is 11.9. The molecule has 0 aromatic heterocycles. The van der Waals surface area contributed by atoms with E-state index >= 15 is 0 Å². The van der Waals surface area contributed by atoms with Crippen molar-refractivity contribution in [3.05, 3.63) is 92.9 Å². The zero-order valence-corrected chi connectivity index (χ0v) is 17.9. The van der Waals surface area contributed by atoms with Gasteiger partial charge in [-0.2, -0.15) is 5.10 Å². The highest BCUT2D eigenvalue weighted by atomic mass is 35.5. The van der Waals surface area contributed by atoms with Crippen molar-refractivity contribution >= 4 is 46.9 Å². The minimum Gasteiger partial charge on any atom is -0.488 e. The Balaban J connectivity index is 1.55. The maximum Gasteiger partial charge on any atom is 0.277 e. The van der Waals surface area contributed by atoms with Crippen LogP contribution in [-0.2, 0) is 11.4 Å². The third-order valence-electron chi connectivity index (χ3n) is 3.91. The van der Waals surface area contributed by atoms with Crippen molar-refractivity contribution in [1.29, 1.82) is 0 Å². The maximum absolute atomic E-state index is 11.9. The van der Waals surface area contributed by atoms with Crippen LogP contribution >= 0.6 is 34.8 Å². The van der Waals surface area contributed by atoms with Gasteiger partial charge >= 0.3 is 0 Å². The first-order chi connectivity index (χ1) is 14.5. The fourth-order valence-corrected chi connectivity index (χ4v) is 3.08. The highest BCUT2D eigenvalue weighted by Gasteiger charge is 2.07. The summed E-state index contributed by atoms with van der Waals surface area (Å²) in [6.45, 7) is 0.0488. The molecule has 0 spiro atoms. The number of rotatable bonds is 8. The van der Waals surface area contributed by atoms with Crippen molar-refractivity contribution in [3.63, 3.8) is 0 Å². The molecular weight excluding hydrogens is 447 g/mol. The van der Waals surface area contributed by atoms with Gasteiger partial charge in [0.05, 0.1) is 11.2 Å². The lowest BCUT2D eigenvalue weighted by atomic mass is 10.2. The molecule has 0 radical (unpaired) electrons. The Morgan fingerprint density at radius 2 is 1.63 bits per heavy atom. The normalized spacial score (nSPS) is 10.8. The quantitative estimate of drug-likeness (QED) is 0.341. The predicted molar refractivity (Wildman–Crippen MR) is 120 cm³/mol. The zero-order chi connectivity index (χ0) is 21.3. The molecule has 3 aromatic carbocycles. The molecule has 3 aromatic rings. The van der Waals surface area contributed by atoms with E-state index in [1.165, 1.54) is 6.21 Å². The zero-order valence-electron chi connectivity index (χ0n) is 15.6. The van der Waals surface area contributed by atoms with Crippen molar-refractivity contribution < 1.29 is 14.3 Å². The maximum atomic E-state index is 11.9. The molecule has 1 amide bonds. The number of carbonyl (C=O) groups is 1. The van der Waals surface area contributed by atoms with E-state index in [9.17, 15) is 4.79 Å². The number of carbonyl (C=O) groups excluding carboxylic acids is 1. The van der Waals surface area contributed by atoms with E-state index in [0.29, 0.717) is 32.1 Å². The SMILES string of the molecule is O=C(COc1ccccc1Cl)N/N=C\c1ccccc1OCc1ccc(Cl)cc1Cl. The fourth-order valence-electron chi connectivity index (χ4n) is 2.42. The van der Waals surface area contributed by atoms with Crippen LogP contribution in [0.5, 0.6) is 11.5 Å². The third kappa shape index (κ3) is 6.39. The van der Waals surface area contributed by atoms with Gasteiger partial charge in [0.2, 0.25) is 0 Å². The molecular formula is C22H17Cl3N2O3. The van der Waals surface area contributed by atoms with E-state index in [1.54, 1.807) is 48.5 Å². The average Bonchev–Trinajstić information content (AvgIpc) is 2.73. The lowest BCUT2D eigenvalue weighted by Gasteiger charge is -2.10. The summed E-state index contributed by atoms with van der Waals surface area (Å²) >= 11 is 18.1. The second-order valence-electron chi connectivity index (χ2n) is 6.07.